The average Bonchev–Trinajstić information content (AvgIpc) is 2.36. The number of hydrogen-bond acceptors (Lipinski definition) is 3. The van der Waals surface area contributed by atoms with Crippen LogP contribution in [-0.2, 0) is 4.74 Å². The highest BCUT2D eigenvalue weighted by atomic mass is 16.5. The van der Waals surface area contributed by atoms with Gasteiger partial charge in [0.25, 0.3) is 0 Å². The van der Waals surface area contributed by atoms with Crippen molar-refractivity contribution in [3.63, 3.8) is 0 Å². The topological polar surface area (TPSA) is 35.0 Å². The molecule has 1 heterocycles. The molecule has 0 radical (unpaired) electrons. The molecule has 0 aliphatic rings. The van der Waals surface area contributed by atoms with Gasteiger partial charge in [-0.2, -0.15) is 0 Å². The van der Waals surface area contributed by atoms with Gasteiger partial charge in [-0.15, -0.1) is 0 Å². The summed E-state index contributed by atoms with van der Waals surface area (Å²) in [4.78, 5) is 8.99. The van der Waals surface area contributed by atoms with Crippen LogP contribution in [0.15, 0.2) is 36.4 Å². The normalized spacial score (nSPS) is 12.4. The third-order valence-corrected chi connectivity index (χ3v) is 2.67. The number of ether oxygens (including phenoxy) is 1. The summed E-state index contributed by atoms with van der Waals surface area (Å²) in [6.45, 7) is 6.58. The first-order chi connectivity index (χ1) is 8.70. The Kier molecular flexibility index (Phi) is 4.05. The number of aromatic nitrogens is 2. The third kappa shape index (κ3) is 2.93. The minimum Gasteiger partial charge on any atom is -0.366 e. The van der Waals surface area contributed by atoms with Crippen molar-refractivity contribution in [2.45, 2.75) is 26.9 Å². The molecule has 2 rings (SSSR count). The molecule has 0 aliphatic heterocycles. The number of benzene rings is 1. The molecule has 1 aromatic carbocycles. The van der Waals surface area contributed by atoms with Crippen LogP contribution in [0.1, 0.15) is 35.8 Å². The zero-order valence-corrected chi connectivity index (χ0v) is 11.1. The first-order valence-electron chi connectivity index (χ1n) is 6.19. The van der Waals surface area contributed by atoms with Crippen LogP contribution in [0.25, 0.3) is 0 Å². The summed E-state index contributed by atoms with van der Waals surface area (Å²) in [7, 11) is 0. The lowest BCUT2D eigenvalue weighted by Gasteiger charge is -2.16. The van der Waals surface area contributed by atoms with Crippen LogP contribution < -0.4 is 0 Å². The fourth-order valence-corrected chi connectivity index (χ4v) is 1.98. The minimum absolute atomic E-state index is 0.185. The molecule has 18 heavy (non-hydrogen) atoms. The molecule has 1 aromatic heterocycles. The Hall–Kier alpha value is -1.74. The van der Waals surface area contributed by atoms with Crippen molar-refractivity contribution >= 4 is 0 Å². The number of nitrogens with zero attached hydrogens (tertiary/aromatic N) is 2. The van der Waals surface area contributed by atoms with Crippen molar-refractivity contribution < 1.29 is 4.74 Å². The first kappa shape index (κ1) is 12.7. The quantitative estimate of drug-likeness (QED) is 0.825. The standard InChI is InChI=1S/C15H18N2O/c1-4-18-14(13-8-6-5-7-9-13)15-16-11(2)10-12(3)17-15/h5-10,14H,4H2,1-3H3. The average molecular weight is 242 g/mol. The Bertz CT molecular complexity index is 491. The molecular weight excluding hydrogens is 224 g/mol. The van der Waals surface area contributed by atoms with Gasteiger partial charge in [-0.05, 0) is 32.4 Å². The fourth-order valence-electron chi connectivity index (χ4n) is 1.98. The summed E-state index contributed by atoms with van der Waals surface area (Å²) in [5.74, 6) is 0.737. The first-order valence-corrected chi connectivity index (χ1v) is 6.19. The lowest BCUT2D eigenvalue weighted by molar-refractivity contribution is 0.0849. The van der Waals surface area contributed by atoms with Crippen LogP contribution in [0, 0.1) is 13.8 Å². The van der Waals surface area contributed by atoms with Crippen molar-refractivity contribution in [2.24, 2.45) is 0 Å². The lowest BCUT2D eigenvalue weighted by atomic mass is 10.1. The van der Waals surface area contributed by atoms with Gasteiger partial charge in [0.2, 0.25) is 0 Å². The van der Waals surface area contributed by atoms with Gasteiger partial charge in [0.05, 0.1) is 0 Å². The monoisotopic (exact) mass is 242 g/mol. The Morgan fingerprint density at radius 1 is 1.06 bits per heavy atom. The molecule has 0 N–H and O–H groups in total. The molecule has 0 fully saturated rings. The van der Waals surface area contributed by atoms with E-state index in [1.165, 1.54) is 0 Å². The van der Waals surface area contributed by atoms with Crippen LogP contribution in [0.4, 0.5) is 0 Å². The molecule has 0 aliphatic carbocycles. The third-order valence-electron chi connectivity index (χ3n) is 2.67. The van der Waals surface area contributed by atoms with Gasteiger partial charge in [0, 0.05) is 18.0 Å². The van der Waals surface area contributed by atoms with Crippen molar-refractivity contribution in [3.05, 3.63) is 59.2 Å². The van der Waals surface area contributed by atoms with E-state index < -0.39 is 0 Å². The molecule has 0 spiro atoms. The largest absolute Gasteiger partial charge is 0.366 e. The van der Waals surface area contributed by atoms with Crippen LogP contribution in [0.3, 0.4) is 0 Å². The number of aryl methyl sites for hydroxylation is 2. The summed E-state index contributed by atoms with van der Waals surface area (Å²) >= 11 is 0. The van der Waals surface area contributed by atoms with Gasteiger partial charge in [-0.3, -0.25) is 0 Å². The van der Waals surface area contributed by atoms with E-state index in [4.69, 9.17) is 4.74 Å². The van der Waals surface area contributed by atoms with Gasteiger partial charge < -0.3 is 4.74 Å². The van der Waals surface area contributed by atoms with E-state index >= 15 is 0 Å². The molecule has 0 bridgehead atoms. The summed E-state index contributed by atoms with van der Waals surface area (Å²) < 4.78 is 5.80. The second-order valence-electron chi connectivity index (χ2n) is 4.25. The van der Waals surface area contributed by atoms with Crippen molar-refractivity contribution in [1.29, 1.82) is 0 Å². The maximum Gasteiger partial charge on any atom is 0.162 e. The van der Waals surface area contributed by atoms with Crippen molar-refractivity contribution in [1.82, 2.24) is 9.97 Å². The molecule has 0 amide bonds. The van der Waals surface area contributed by atoms with Gasteiger partial charge in [0.1, 0.15) is 6.10 Å². The molecule has 1 atom stereocenters. The van der Waals surface area contributed by atoms with Crippen molar-refractivity contribution in [2.75, 3.05) is 6.61 Å². The lowest BCUT2D eigenvalue weighted by Crippen LogP contribution is -2.11. The highest BCUT2D eigenvalue weighted by Crippen LogP contribution is 2.23. The second-order valence-corrected chi connectivity index (χ2v) is 4.25. The summed E-state index contributed by atoms with van der Waals surface area (Å²) in [5.41, 5.74) is 3.03. The summed E-state index contributed by atoms with van der Waals surface area (Å²) in [6, 6.07) is 12.1. The highest BCUT2D eigenvalue weighted by molar-refractivity contribution is 5.24. The maximum absolute atomic E-state index is 5.80. The van der Waals surface area contributed by atoms with Crippen LogP contribution >= 0.6 is 0 Å². The Morgan fingerprint density at radius 2 is 1.67 bits per heavy atom. The van der Waals surface area contributed by atoms with Crippen molar-refractivity contribution in [3.8, 4) is 0 Å². The smallest absolute Gasteiger partial charge is 0.162 e. The van der Waals surface area contributed by atoms with E-state index in [0.717, 1.165) is 22.8 Å². The molecular formula is C15H18N2O. The van der Waals surface area contributed by atoms with Crippen LogP contribution in [0.2, 0.25) is 0 Å². The van der Waals surface area contributed by atoms with E-state index in [-0.39, 0.29) is 6.10 Å². The van der Waals surface area contributed by atoms with Crippen LogP contribution in [-0.4, -0.2) is 16.6 Å². The SMILES string of the molecule is CCOC(c1ccccc1)c1nc(C)cc(C)n1. The minimum atomic E-state index is -0.185. The zero-order chi connectivity index (χ0) is 13.0. The summed E-state index contributed by atoms with van der Waals surface area (Å²) in [5, 5.41) is 0. The maximum atomic E-state index is 5.80. The van der Waals surface area contributed by atoms with E-state index in [2.05, 4.69) is 9.97 Å². The highest BCUT2D eigenvalue weighted by Gasteiger charge is 2.17. The number of rotatable bonds is 4. The molecule has 3 heteroatoms. The predicted octanol–water partition coefficient (Wildman–Crippen LogP) is 3.22. The fraction of sp³-hybridized carbons (Fsp3) is 0.333. The Morgan fingerprint density at radius 3 is 2.22 bits per heavy atom. The van der Waals surface area contributed by atoms with Crippen LogP contribution in [0.5, 0.6) is 0 Å². The van der Waals surface area contributed by atoms with Gasteiger partial charge >= 0.3 is 0 Å². The Labute approximate surface area is 108 Å². The van der Waals surface area contributed by atoms with Gasteiger partial charge in [0.15, 0.2) is 5.82 Å². The van der Waals surface area contributed by atoms with Gasteiger partial charge in [-0.25, -0.2) is 9.97 Å². The molecule has 1 unspecified atom stereocenters. The molecule has 0 saturated heterocycles. The van der Waals surface area contributed by atoms with E-state index in [0.29, 0.717) is 6.61 Å². The van der Waals surface area contributed by atoms with Gasteiger partial charge in [-0.1, -0.05) is 30.3 Å². The zero-order valence-electron chi connectivity index (χ0n) is 11.1. The molecule has 3 nitrogen and oxygen atoms in total. The summed E-state index contributed by atoms with van der Waals surface area (Å²) in [6.07, 6.45) is -0.185. The predicted molar refractivity (Wildman–Crippen MR) is 71.4 cm³/mol. The van der Waals surface area contributed by atoms with E-state index in [1.54, 1.807) is 0 Å². The number of hydrogen-bond donors (Lipinski definition) is 0. The molecule has 94 valence electrons. The van der Waals surface area contributed by atoms with E-state index in [1.807, 2.05) is 57.2 Å². The second kappa shape index (κ2) is 5.74. The Balaban J connectivity index is 2.41. The molecule has 0 saturated carbocycles. The molecule has 2 aromatic rings. The van der Waals surface area contributed by atoms with E-state index in [9.17, 15) is 0 Å².